The minimum absolute atomic E-state index is 0.106. The number of imide groups is 1. The highest BCUT2D eigenvalue weighted by molar-refractivity contribution is 7.13. The minimum Gasteiger partial charge on any atom is -0.496 e. The number of amides is 4. The van der Waals surface area contributed by atoms with E-state index < -0.39 is 23.4 Å². The number of hydrazine groups is 1. The Bertz CT molecular complexity index is 1160. The summed E-state index contributed by atoms with van der Waals surface area (Å²) in [6, 6.07) is 16.4. The van der Waals surface area contributed by atoms with Gasteiger partial charge >= 0.3 is 6.03 Å². The molecule has 0 spiro atoms. The predicted molar refractivity (Wildman–Crippen MR) is 120 cm³/mol. The fourth-order valence-corrected chi connectivity index (χ4v) is 4.31. The molecule has 0 saturated carbocycles. The first-order valence-electron chi connectivity index (χ1n) is 10.0. The third-order valence-corrected chi connectivity index (χ3v) is 6.18. The molecule has 1 unspecified atom stereocenters. The summed E-state index contributed by atoms with van der Waals surface area (Å²) in [5, 5.41) is 5.59. The molecule has 32 heavy (non-hydrogen) atoms. The standard InChI is InChI=1S/C23H22N4O4S/c1-23(13-12-15-8-4-3-5-9-15)21(29)27(22(30)25-23)26-19(28)17-14-32-20(24-17)16-10-6-7-11-18(16)31-2/h3-11,14H,12-13H2,1-2H3,(H,25,30)(H,26,28). The summed E-state index contributed by atoms with van der Waals surface area (Å²) in [6.07, 6.45) is 1.02. The number of nitrogens with zero attached hydrogens (tertiary/aromatic N) is 2. The zero-order chi connectivity index (χ0) is 22.7. The third kappa shape index (κ3) is 4.19. The van der Waals surface area contributed by atoms with Crippen LogP contribution in [0.2, 0.25) is 0 Å². The number of para-hydroxylation sites is 1. The topological polar surface area (TPSA) is 101 Å². The van der Waals surface area contributed by atoms with Crippen LogP contribution in [0.1, 0.15) is 29.4 Å². The van der Waals surface area contributed by atoms with Gasteiger partial charge < -0.3 is 10.1 Å². The molecule has 1 saturated heterocycles. The number of ether oxygens (including phenoxy) is 1. The van der Waals surface area contributed by atoms with Crippen molar-refractivity contribution in [1.82, 2.24) is 20.7 Å². The zero-order valence-corrected chi connectivity index (χ0v) is 18.4. The quantitative estimate of drug-likeness (QED) is 0.538. The number of rotatable bonds is 7. The van der Waals surface area contributed by atoms with Crippen LogP contribution >= 0.6 is 11.3 Å². The molecule has 0 bridgehead atoms. The van der Waals surface area contributed by atoms with Crippen LogP contribution in [-0.2, 0) is 11.2 Å². The molecule has 0 aliphatic carbocycles. The first-order valence-corrected chi connectivity index (χ1v) is 10.9. The maximum atomic E-state index is 12.9. The van der Waals surface area contributed by atoms with Crippen molar-refractivity contribution in [3.63, 3.8) is 0 Å². The number of carbonyl (C=O) groups is 3. The number of hydrogen-bond acceptors (Lipinski definition) is 6. The van der Waals surface area contributed by atoms with E-state index >= 15 is 0 Å². The summed E-state index contributed by atoms with van der Waals surface area (Å²) < 4.78 is 5.34. The lowest BCUT2D eigenvalue weighted by Crippen LogP contribution is -2.49. The Morgan fingerprint density at radius 3 is 2.62 bits per heavy atom. The highest BCUT2D eigenvalue weighted by Crippen LogP contribution is 2.32. The Balaban J connectivity index is 1.45. The second-order valence-electron chi connectivity index (χ2n) is 7.57. The van der Waals surface area contributed by atoms with Gasteiger partial charge in [0.1, 0.15) is 22.0 Å². The summed E-state index contributed by atoms with van der Waals surface area (Å²) in [6.45, 7) is 1.66. The van der Waals surface area contributed by atoms with Crippen LogP contribution in [0.15, 0.2) is 60.0 Å². The Hall–Kier alpha value is -3.72. The number of benzene rings is 2. The van der Waals surface area contributed by atoms with Crippen LogP contribution in [0.25, 0.3) is 10.6 Å². The van der Waals surface area contributed by atoms with Crippen molar-refractivity contribution in [2.75, 3.05) is 7.11 Å². The summed E-state index contributed by atoms with van der Waals surface area (Å²) in [5.74, 6) is -0.512. The molecular formula is C23H22N4O4S. The van der Waals surface area contributed by atoms with E-state index in [0.29, 0.717) is 23.6 Å². The van der Waals surface area contributed by atoms with Crippen LogP contribution in [0.3, 0.4) is 0 Å². The molecule has 4 rings (SSSR count). The van der Waals surface area contributed by atoms with Crippen molar-refractivity contribution in [2.45, 2.75) is 25.3 Å². The average Bonchev–Trinajstić information content (AvgIpc) is 3.38. The molecule has 1 aliphatic heterocycles. The van der Waals surface area contributed by atoms with Gasteiger partial charge in [-0.25, -0.2) is 9.78 Å². The number of aromatic nitrogens is 1. The number of methoxy groups -OCH3 is 1. The molecule has 2 aromatic carbocycles. The third-order valence-electron chi connectivity index (χ3n) is 5.31. The van der Waals surface area contributed by atoms with Gasteiger partial charge in [0.25, 0.3) is 11.8 Å². The molecule has 1 fully saturated rings. The smallest absolute Gasteiger partial charge is 0.344 e. The Kier molecular flexibility index (Phi) is 5.91. The van der Waals surface area contributed by atoms with Crippen LogP contribution in [0.5, 0.6) is 5.75 Å². The van der Waals surface area contributed by atoms with Crippen LogP contribution in [0, 0.1) is 0 Å². The van der Waals surface area contributed by atoms with Gasteiger partial charge in [0.2, 0.25) is 0 Å². The van der Waals surface area contributed by atoms with Gasteiger partial charge in [0, 0.05) is 5.38 Å². The van der Waals surface area contributed by atoms with Gasteiger partial charge in [-0.05, 0) is 37.5 Å². The minimum atomic E-state index is -1.11. The molecule has 9 heteroatoms. The molecule has 4 amide bonds. The monoisotopic (exact) mass is 450 g/mol. The van der Waals surface area contributed by atoms with Crippen molar-refractivity contribution in [2.24, 2.45) is 0 Å². The molecule has 0 radical (unpaired) electrons. The number of nitrogens with one attached hydrogen (secondary N) is 2. The van der Waals surface area contributed by atoms with Crippen molar-refractivity contribution < 1.29 is 19.1 Å². The summed E-state index contributed by atoms with van der Waals surface area (Å²) >= 11 is 1.27. The average molecular weight is 451 g/mol. The highest BCUT2D eigenvalue weighted by Gasteiger charge is 2.48. The molecule has 8 nitrogen and oxygen atoms in total. The SMILES string of the molecule is COc1ccccc1-c1nc(C(=O)NN2C(=O)NC(C)(CCc3ccccc3)C2=O)cs1. The zero-order valence-electron chi connectivity index (χ0n) is 17.6. The molecule has 2 N–H and O–H groups in total. The van der Waals surface area contributed by atoms with Gasteiger partial charge in [-0.1, -0.05) is 42.5 Å². The molecule has 2 heterocycles. The maximum absolute atomic E-state index is 12.9. The van der Waals surface area contributed by atoms with Gasteiger partial charge in [-0.15, -0.1) is 11.3 Å². The van der Waals surface area contributed by atoms with Crippen LogP contribution in [0.4, 0.5) is 4.79 Å². The Morgan fingerprint density at radius 2 is 1.88 bits per heavy atom. The maximum Gasteiger partial charge on any atom is 0.344 e. The van der Waals surface area contributed by atoms with E-state index in [2.05, 4.69) is 15.7 Å². The van der Waals surface area contributed by atoms with Gasteiger partial charge in [-0.2, -0.15) is 5.01 Å². The van der Waals surface area contributed by atoms with E-state index in [0.717, 1.165) is 16.1 Å². The van der Waals surface area contributed by atoms with E-state index in [1.165, 1.54) is 11.3 Å². The summed E-state index contributed by atoms with van der Waals surface area (Å²) in [7, 11) is 1.56. The summed E-state index contributed by atoms with van der Waals surface area (Å²) in [4.78, 5) is 42.4. The lowest BCUT2D eigenvalue weighted by atomic mass is 9.93. The second kappa shape index (κ2) is 8.80. The van der Waals surface area contributed by atoms with Crippen molar-refractivity contribution in [3.8, 4) is 16.3 Å². The molecule has 1 aromatic heterocycles. The van der Waals surface area contributed by atoms with Crippen molar-refractivity contribution in [1.29, 1.82) is 0 Å². The number of urea groups is 1. The van der Waals surface area contributed by atoms with E-state index in [-0.39, 0.29) is 5.69 Å². The van der Waals surface area contributed by atoms with E-state index in [9.17, 15) is 14.4 Å². The fourth-order valence-electron chi connectivity index (χ4n) is 3.48. The number of aryl methyl sites for hydroxylation is 1. The number of carbonyl (C=O) groups excluding carboxylic acids is 3. The van der Waals surface area contributed by atoms with Crippen molar-refractivity contribution in [3.05, 3.63) is 71.2 Å². The van der Waals surface area contributed by atoms with Gasteiger partial charge in [0.15, 0.2) is 0 Å². The first-order chi connectivity index (χ1) is 15.4. The van der Waals surface area contributed by atoms with Gasteiger partial charge in [0.05, 0.1) is 12.7 Å². The van der Waals surface area contributed by atoms with Crippen LogP contribution in [-0.4, -0.2) is 40.5 Å². The lowest BCUT2D eigenvalue weighted by molar-refractivity contribution is -0.132. The van der Waals surface area contributed by atoms with Gasteiger partial charge in [-0.3, -0.25) is 15.0 Å². The first kappa shape index (κ1) is 21.5. The number of thiazole rings is 1. The Morgan fingerprint density at radius 1 is 1.16 bits per heavy atom. The Labute approximate surface area is 189 Å². The largest absolute Gasteiger partial charge is 0.496 e. The molecule has 164 valence electrons. The van der Waals surface area contributed by atoms with E-state index in [4.69, 9.17) is 4.74 Å². The molecule has 1 atom stereocenters. The molecule has 3 aromatic rings. The van der Waals surface area contributed by atoms with E-state index in [1.807, 2.05) is 48.5 Å². The molecular weight excluding hydrogens is 428 g/mol. The normalized spacial score (nSPS) is 17.9. The predicted octanol–water partition coefficient (Wildman–Crippen LogP) is 3.41. The lowest BCUT2D eigenvalue weighted by Gasteiger charge is -2.21. The van der Waals surface area contributed by atoms with Crippen LogP contribution < -0.4 is 15.5 Å². The second-order valence-corrected chi connectivity index (χ2v) is 8.43. The number of hydrogen-bond donors (Lipinski definition) is 2. The highest BCUT2D eigenvalue weighted by atomic mass is 32.1. The summed E-state index contributed by atoms with van der Waals surface area (Å²) in [5.41, 5.74) is 3.20. The molecule has 1 aliphatic rings. The van der Waals surface area contributed by atoms with E-state index in [1.54, 1.807) is 25.5 Å². The fraction of sp³-hybridized carbons (Fsp3) is 0.217. The van der Waals surface area contributed by atoms with Crippen molar-refractivity contribution >= 4 is 29.2 Å².